The highest BCUT2D eigenvalue weighted by molar-refractivity contribution is 8.08. The zero-order valence-corrected chi connectivity index (χ0v) is 16.2. The molecule has 0 N–H and O–H groups in total. The molecule has 1 unspecified atom stereocenters. The lowest BCUT2D eigenvalue weighted by Crippen LogP contribution is -2.46. The van der Waals surface area contributed by atoms with E-state index >= 15 is 0 Å². The van der Waals surface area contributed by atoms with Gasteiger partial charge >= 0.3 is 5.97 Å². The van der Waals surface area contributed by atoms with Crippen molar-refractivity contribution in [2.75, 3.05) is 25.2 Å². The fourth-order valence-electron chi connectivity index (χ4n) is 3.32. The largest absolute Gasteiger partial charge is 0.467 e. The molecule has 0 saturated carbocycles. The van der Waals surface area contributed by atoms with Crippen molar-refractivity contribution >= 4 is 32.4 Å². The number of methoxy groups -OCH3 is 1. The number of hydrazone groups is 1. The van der Waals surface area contributed by atoms with Crippen LogP contribution in [0.1, 0.15) is 32.6 Å². The van der Waals surface area contributed by atoms with E-state index in [0.29, 0.717) is 13.1 Å². The number of ether oxygens (including phenoxy) is 1. The Morgan fingerprint density at radius 2 is 1.74 bits per heavy atom. The maximum Gasteiger partial charge on any atom is 0.330 e. The zero-order valence-electron chi connectivity index (χ0n) is 15.4. The molecule has 1 saturated heterocycles. The lowest BCUT2D eigenvalue weighted by atomic mass is 10.2. The Kier molecular flexibility index (Phi) is 5.50. The molecule has 2 heterocycles. The van der Waals surface area contributed by atoms with E-state index in [1.54, 1.807) is 25.1 Å². The fraction of sp³-hybridized carbons (Fsp3) is 0.500. The Labute approximate surface area is 158 Å². The van der Waals surface area contributed by atoms with Crippen LogP contribution < -0.4 is 5.01 Å². The summed E-state index contributed by atoms with van der Waals surface area (Å²) in [6.07, 6.45) is 3.69. The van der Waals surface area contributed by atoms with Gasteiger partial charge in [0.25, 0.3) is 5.91 Å². The van der Waals surface area contributed by atoms with Crippen LogP contribution in [0.2, 0.25) is 0 Å². The van der Waals surface area contributed by atoms with Crippen LogP contribution in [0.4, 0.5) is 5.69 Å². The number of fused-ring (bicyclic) bond motifs is 1. The molecule has 1 fully saturated rings. The molecule has 3 rings (SSSR count). The van der Waals surface area contributed by atoms with Crippen molar-refractivity contribution in [1.82, 2.24) is 4.90 Å². The van der Waals surface area contributed by atoms with Crippen LogP contribution in [0.5, 0.6) is 0 Å². The first-order chi connectivity index (χ1) is 12.9. The summed E-state index contributed by atoms with van der Waals surface area (Å²) in [6, 6.07) is 5.34. The molecule has 1 aromatic rings. The summed E-state index contributed by atoms with van der Waals surface area (Å²) >= 11 is 0. The van der Waals surface area contributed by atoms with E-state index in [-0.39, 0.29) is 10.6 Å². The average molecular weight is 393 g/mol. The summed E-state index contributed by atoms with van der Waals surface area (Å²) in [7, 11) is -2.83. The van der Waals surface area contributed by atoms with Crippen molar-refractivity contribution in [3.05, 3.63) is 24.3 Å². The predicted octanol–water partition coefficient (Wildman–Crippen LogP) is 1.56. The standard InChI is InChI=1S/C18H23N3O5S/c1-13(18(23)26-2)21-14-9-5-6-10-15(14)27(24,25)16(19-21)17(22)20-11-7-3-4-8-12-20/h5-6,9-10,13H,3-4,7-8,11-12H2,1-2H3. The zero-order chi connectivity index (χ0) is 19.6. The number of amides is 1. The second-order valence-corrected chi connectivity index (χ2v) is 8.46. The van der Waals surface area contributed by atoms with Gasteiger partial charge in [-0.3, -0.25) is 4.79 Å². The summed E-state index contributed by atoms with van der Waals surface area (Å²) in [4.78, 5) is 26.5. The molecule has 1 aromatic carbocycles. The topological polar surface area (TPSA) is 96.3 Å². The minimum absolute atomic E-state index is 0.0334. The van der Waals surface area contributed by atoms with Crippen molar-refractivity contribution in [2.24, 2.45) is 5.10 Å². The molecular weight excluding hydrogens is 370 g/mol. The second kappa shape index (κ2) is 7.67. The van der Waals surface area contributed by atoms with Crippen LogP contribution >= 0.6 is 0 Å². The summed E-state index contributed by atoms with van der Waals surface area (Å²) in [5.74, 6) is -1.19. The average Bonchev–Trinajstić information content (AvgIpc) is 2.96. The molecule has 1 atom stereocenters. The normalized spacial score (nSPS) is 20.1. The van der Waals surface area contributed by atoms with E-state index in [1.807, 2.05) is 0 Å². The molecule has 146 valence electrons. The van der Waals surface area contributed by atoms with Crippen molar-refractivity contribution in [2.45, 2.75) is 43.5 Å². The van der Waals surface area contributed by atoms with Crippen LogP contribution in [-0.2, 0) is 24.2 Å². The highest BCUT2D eigenvalue weighted by atomic mass is 32.2. The molecule has 1 amide bonds. The third kappa shape index (κ3) is 3.55. The first-order valence-corrected chi connectivity index (χ1v) is 10.5. The number of hydrogen-bond donors (Lipinski definition) is 0. The lowest BCUT2D eigenvalue weighted by Gasteiger charge is -2.31. The van der Waals surface area contributed by atoms with E-state index in [9.17, 15) is 18.0 Å². The molecule has 2 aliphatic rings. The molecule has 0 bridgehead atoms. The van der Waals surface area contributed by atoms with Gasteiger partial charge in [0.15, 0.2) is 0 Å². The van der Waals surface area contributed by atoms with E-state index < -0.39 is 32.8 Å². The molecule has 8 nitrogen and oxygen atoms in total. The van der Waals surface area contributed by atoms with E-state index in [1.165, 1.54) is 23.1 Å². The number of nitrogens with zero attached hydrogens (tertiary/aromatic N) is 3. The minimum atomic E-state index is -4.08. The lowest BCUT2D eigenvalue weighted by molar-refractivity contribution is -0.141. The van der Waals surface area contributed by atoms with E-state index in [4.69, 9.17) is 4.74 Å². The van der Waals surface area contributed by atoms with Crippen molar-refractivity contribution in [3.63, 3.8) is 0 Å². The van der Waals surface area contributed by atoms with Gasteiger partial charge in [-0.25, -0.2) is 18.2 Å². The molecule has 0 spiro atoms. The number of hydrogen-bond acceptors (Lipinski definition) is 7. The maximum absolute atomic E-state index is 13.1. The maximum atomic E-state index is 13.1. The molecule has 9 heteroatoms. The Balaban J connectivity index is 2.07. The van der Waals surface area contributed by atoms with Gasteiger partial charge in [-0.2, -0.15) is 5.10 Å². The third-order valence-corrected chi connectivity index (χ3v) is 6.53. The van der Waals surface area contributed by atoms with E-state index in [0.717, 1.165) is 25.7 Å². The molecule has 0 aliphatic carbocycles. The number of likely N-dealkylation sites (tertiary alicyclic amines) is 1. The molecule has 0 radical (unpaired) electrons. The molecule has 0 aromatic heterocycles. The second-order valence-electron chi connectivity index (χ2n) is 6.63. The highest BCUT2D eigenvalue weighted by Crippen LogP contribution is 2.33. The summed E-state index contributed by atoms with van der Waals surface area (Å²) in [5.41, 5.74) is 0.253. The van der Waals surface area contributed by atoms with E-state index in [2.05, 4.69) is 5.10 Å². The van der Waals surface area contributed by atoms with Crippen LogP contribution in [-0.4, -0.2) is 56.5 Å². The van der Waals surface area contributed by atoms with Gasteiger partial charge in [-0.15, -0.1) is 0 Å². The van der Waals surface area contributed by atoms with Gasteiger partial charge in [0, 0.05) is 13.1 Å². The SMILES string of the molecule is COC(=O)C(C)N1N=C(C(=O)N2CCCCCC2)S(=O)(=O)c2ccccc21. The molecule has 27 heavy (non-hydrogen) atoms. The van der Waals surface area contributed by atoms with Gasteiger partial charge in [0.05, 0.1) is 17.7 Å². The molecular formula is C18H23N3O5S. The van der Waals surface area contributed by atoms with Crippen molar-refractivity contribution < 1.29 is 22.7 Å². The number of benzene rings is 1. The predicted molar refractivity (Wildman–Crippen MR) is 100 cm³/mol. The summed E-state index contributed by atoms with van der Waals surface area (Å²) < 4.78 is 30.9. The van der Waals surface area contributed by atoms with Gasteiger partial charge in [-0.1, -0.05) is 25.0 Å². The number of carbonyl (C=O) groups excluding carboxylic acids is 2. The highest BCUT2D eigenvalue weighted by Gasteiger charge is 2.41. The minimum Gasteiger partial charge on any atom is -0.467 e. The quantitative estimate of drug-likeness (QED) is 0.723. The Morgan fingerprint density at radius 3 is 2.37 bits per heavy atom. The van der Waals surface area contributed by atoms with Crippen molar-refractivity contribution in [1.29, 1.82) is 0 Å². The Hall–Kier alpha value is -2.42. The van der Waals surface area contributed by atoms with Crippen LogP contribution in [0.3, 0.4) is 0 Å². The Bertz CT molecular complexity index is 873. The number of rotatable bonds is 3. The number of esters is 1. The summed E-state index contributed by atoms with van der Waals surface area (Å²) in [6.45, 7) is 2.56. The summed E-state index contributed by atoms with van der Waals surface area (Å²) in [5, 5.41) is 4.84. The molecule has 2 aliphatic heterocycles. The number of anilines is 1. The first kappa shape index (κ1) is 19.3. The van der Waals surface area contributed by atoms with Crippen LogP contribution in [0, 0.1) is 0 Å². The number of carbonyl (C=O) groups is 2. The van der Waals surface area contributed by atoms with Gasteiger partial charge in [-0.05, 0) is 31.9 Å². The van der Waals surface area contributed by atoms with Crippen molar-refractivity contribution in [3.8, 4) is 0 Å². The third-order valence-electron chi connectivity index (χ3n) is 4.84. The smallest absolute Gasteiger partial charge is 0.330 e. The van der Waals surface area contributed by atoms with Crippen LogP contribution in [0.15, 0.2) is 34.3 Å². The van der Waals surface area contributed by atoms with Gasteiger partial charge in [0.1, 0.15) is 6.04 Å². The number of sulfone groups is 1. The first-order valence-electron chi connectivity index (χ1n) is 8.97. The monoisotopic (exact) mass is 393 g/mol. The van der Waals surface area contributed by atoms with Gasteiger partial charge < -0.3 is 9.64 Å². The fourth-order valence-corrected chi connectivity index (χ4v) is 4.77. The van der Waals surface area contributed by atoms with Crippen LogP contribution in [0.25, 0.3) is 0 Å². The van der Waals surface area contributed by atoms with Gasteiger partial charge in [0.2, 0.25) is 14.9 Å². The number of para-hydroxylation sites is 1. The Morgan fingerprint density at radius 1 is 1.11 bits per heavy atom.